The highest BCUT2D eigenvalue weighted by Crippen LogP contribution is 2.19. The van der Waals surface area contributed by atoms with Crippen LogP contribution in [0.1, 0.15) is 18.3 Å². The number of benzene rings is 1. The molecule has 0 aliphatic rings. The lowest BCUT2D eigenvalue weighted by atomic mass is 10.2. The van der Waals surface area contributed by atoms with Crippen LogP contribution < -0.4 is 11.1 Å². The van der Waals surface area contributed by atoms with Gasteiger partial charge in [-0.15, -0.1) is 0 Å². The number of rotatable bonds is 3. The van der Waals surface area contributed by atoms with E-state index in [0.717, 1.165) is 0 Å². The van der Waals surface area contributed by atoms with Gasteiger partial charge in [-0.25, -0.2) is 14.4 Å². The Morgan fingerprint density at radius 2 is 2.16 bits per heavy atom. The van der Waals surface area contributed by atoms with Crippen molar-refractivity contribution < 1.29 is 4.39 Å². The van der Waals surface area contributed by atoms with E-state index >= 15 is 0 Å². The van der Waals surface area contributed by atoms with Gasteiger partial charge in [-0.3, -0.25) is 0 Å². The van der Waals surface area contributed by atoms with Crippen molar-refractivity contribution in [2.24, 2.45) is 0 Å². The van der Waals surface area contributed by atoms with Crippen molar-refractivity contribution in [2.75, 3.05) is 11.1 Å². The summed E-state index contributed by atoms with van der Waals surface area (Å²) in [6, 6.07) is 7.53. The Bertz CT molecular complexity index is 648. The van der Waals surface area contributed by atoms with E-state index in [-0.39, 0.29) is 5.56 Å². The van der Waals surface area contributed by atoms with E-state index in [1.807, 2.05) is 6.92 Å². The molecule has 0 saturated carbocycles. The van der Waals surface area contributed by atoms with Gasteiger partial charge in [0.1, 0.15) is 29.3 Å². The fourth-order valence-corrected chi connectivity index (χ4v) is 1.58. The molecule has 0 fully saturated rings. The summed E-state index contributed by atoms with van der Waals surface area (Å²) in [4.78, 5) is 8.30. The highest BCUT2D eigenvalue weighted by molar-refractivity contribution is 5.60. The molecule has 3 N–H and O–H groups in total. The molecule has 1 aromatic carbocycles. The smallest absolute Gasteiger partial charge is 0.141 e. The number of aromatic nitrogens is 2. The van der Waals surface area contributed by atoms with Crippen LogP contribution in [0.4, 0.5) is 21.7 Å². The fourth-order valence-electron chi connectivity index (χ4n) is 1.58. The number of anilines is 3. The van der Waals surface area contributed by atoms with E-state index in [1.165, 1.54) is 18.2 Å². The Morgan fingerprint density at radius 1 is 1.37 bits per heavy atom. The molecule has 0 aliphatic heterocycles. The van der Waals surface area contributed by atoms with Crippen molar-refractivity contribution in [2.45, 2.75) is 13.3 Å². The molecule has 0 bridgehead atoms. The molecule has 19 heavy (non-hydrogen) atoms. The summed E-state index contributed by atoms with van der Waals surface area (Å²) < 4.78 is 13.2. The van der Waals surface area contributed by atoms with Crippen molar-refractivity contribution in [3.63, 3.8) is 0 Å². The van der Waals surface area contributed by atoms with Gasteiger partial charge in [0.25, 0.3) is 0 Å². The number of hydrogen-bond donors (Lipinski definition) is 2. The van der Waals surface area contributed by atoms with E-state index in [4.69, 9.17) is 11.0 Å². The third-order valence-corrected chi connectivity index (χ3v) is 2.47. The van der Waals surface area contributed by atoms with Crippen LogP contribution >= 0.6 is 0 Å². The first-order chi connectivity index (χ1) is 9.12. The maximum absolute atomic E-state index is 13.2. The van der Waals surface area contributed by atoms with E-state index in [1.54, 1.807) is 12.1 Å². The second kappa shape index (κ2) is 5.31. The SMILES string of the molecule is CCc1nc(N)cc(Nc2ccc(F)c(C#N)c2)n1. The van der Waals surface area contributed by atoms with Crippen molar-refractivity contribution in [1.82, 2.24) is 9.97 Å². The second-order valence-electron chi connectivity index (χ2n) is 3.88. The van der Waals surface area contributed by atoms with Gasteiger partial charge < -0.3 is 11.1 Å². The van der Waals surface area contributed by atoms with E-state index in [2.05, 4.69) is 15.3 Å². The normalized spacial score (nSPS) is 9.95. The summed E-state index contributed by atoms with van der Waals surface area (Å²) in [5, 5.41) is 11.7. The van der Waals surface area contributed by atoms with Crippen molar-refractivity contribution in [3.05, 3.63) is 41.5 Å². The van der Waals surface area contributed by atoms with Crippen LogP contribution in [0.15, 0.2) is 24.3 Å². The molecule has 0 saturated heterocycles. The van der Waals surface area contributed by atoms with Crippen LogP contribution in [0.5, 0.6) is 0 Å². The maximum atomic E-state index is 13.2. The quantitative estimate of drug-likeness (QED) is 0.881. The Labute approximate surface area is 109 Å². The molecule has 2 rings (SSSR count). The molecule has 0 radical (unpaired) electrons. The van der Waals surface area contributed by atoms with Crippen LogP contribution in [0.2, 0.25) is 0 Å². The van der Waals surface area contributed by atoms with Crippen LogP contribution in [-0.4, -0.2) is 9.97 Å². The zero-order valence-electron chi connectivity index (χ0n) is 10.3. The van der Waals surface area contributed by atoms with Gasteiger partial charge in [0.2, 0.25) is 0 Å². The number of halogens is 1. The zero-order chi connectivity index (χ0) is 13.8. The zero-order valence-corrected chi connectivity index (χ0v) is 10.3. The van der Waals surface area contributed by atoms with Crippen molar-refractivity contribution in [1.29, 1.82) is 5.26 Å². The summed E-state index contributed by atoms with van der Waals surface area (Å²) in [5.41, 5.74) is 6.21. The molecule has 0 spiro atoms. The highest BCUT2D eigenvalue weighted by Gasteiger charge is 2.05. The lowest BCUT2D eigenvalue weighted by Gasteiger charge is -2.08. The van der Waals surface area contributed by atoms with Gasteiger partial charge in [-0.1, -0.05) is 6.92 Å². The van der Waals surface area contributed by atoms with E-state index in [9.17, 15) is 4.39 Å². The number of hydrogen-bond acceptors (Lipinski definition) is 5. The number of nitrogens with one attached hydrogen (secondary N) is 1. The van der Waals surface area contributed by atoms with Crippen LogP contribution in [0.25, 0.3) is 0 Å². The standard InChI is InChI=1S/C13H12FN5/c1-2-12-18-11(16)6-13(19-12)17-9-3-4-10(14)8(5-9)7-15/h3-6H,2H2,1H3,(H3,16,17,18,19). The molecule has 96 valence electrons. The molecular weight excluding hydrogens is 245 g/mol. The summed E-state index contributed by atoms with van der Waals surface area (Å²) in [6.45, 7) is 1.92. The Balaban J connectivity index is 2.31. The molecule has 6 heteroatoms. The number of nitrogens with zero attached hydrogens (tertiary/aromatic N) is 3. The highest BCUT2D eigenvalue weighted by atomic mass is 19.1. The average molecular weight is 257 g/mol. The average Bonchev–Trinajstić information content (AvgIpc) is 2.40. The van der Waals surface area contributed by atoms with Crippen molar-refractivity contribution >= 4 is 17.3 Å². The molecule has 1 heterocycles. The van der Waals surface area contributed by atoms with Gasteiger partial charge in [-0.2, -0.15) is 5.26 Å². The second-order valence-corrected chi connectivity index (χ2v) is 3.88. The van der Waals surface area contributed by atoms with Gasteiger partial charge in [-0.05, 0) is 18.2 Å². The first-order valence-corrected chi connectivity index (χ1v) is 5.72. The first-order valence-electron chi connectivity index (χ1n) is 5.72. The number of aryl methyl sites for hydroxylation is 1. The van der Waals surface area contributed by atoms with Crippen LogP contribution in [0, 0.1) is 17.1 Å². The number of nitrogens with two attached hydrogens (primary N) is 1. The monoisotopic (exact) mass is 257 g/mol. The third kappa shape index (κ3) is 2.96. The van der Waals surface area contributed by atoms with Gasteiger partial charge >= 0.3 is 0 Å². The predicted octanol–water partition coefficient (Wildman–Crippen LogP) is 2.38. The largest absolute Gasteiger partial charge is 0.384 e. The van der Waals surface area contributed by atoms with Crippen LogP contribution in [0.3, 0.4) is 0 Å². The summed E-state index contributed by atoms with van der Waals surface area (Å²) in [7, 11) is 0. The summed E-state index contributed by atoms with van der Waals surface area (Å²) >= 11 is 0. The Kier molecular flexibility index (Phi) is 3.57. The summed E-state index contributed by atoms with van der Waals surface area (Å²) in [5.74, 6) is 0.937. The van der Waals surface area contributed by atoms with E-state index < -0.39 is 5.82 Å². The number of nitrogen functional groups attached to an aromatic ring is 1. The Hall–Kier alpha value is -2.68. The molecule has 0 amide bonds. The molecule has 0 unspecified atom stereocenters. The number of nitriles is 1. The minimum absolute atomic E-state index is 0.0252. The van der Waals surface area contributed by atoms with Gasteiger partial charge in [0.15, 0.2) is 0 Å². The molecule has 0 atom stereocenters. The lowest BCUT2D eigenvalue weighted by molar-refractivity contribution is 0.624. The summed E-state index contributed by atoms with van der Waals surface area (Å²) in [6.07, 6.45) is 0.659. The lowest BCUT2D eigenvalue weighted by Crippen LogP contribution is -2.03. The van der Waals surface area contributed by atoms with Gasteiger partial charge in [0, 0.05) is 18.2 Å². The predicted molar refractivity (Wildman–Crippen MR) is 70.2 cm³/mol. The molecular formula is C13H12FN5. The molecule has 2 aromatic rings. The molecule has 1 aromatic heterocycles. The van der Waals surface area contributed by atoms with Crippen molar-refractivity contribution in [3.8, 4) is 6.07 Å². The minimum atomic E-state index is -0.551. The maximum Gasteiger partial charge on any atom is 0.141 e. The van der Waals surface area contributed by atoms with Crippen LogP contribution in [-0.2, 0) is 6.42 Å². The molecule has 5 nitrogen and oxygen atoms in total. The minimum Gasteiger partial charge on any atom is -0.384 e. The Morgan fingerprint density at radius 3 is 2.84 bits per heavy atom. The fraction of sp³-hybridized carbons (Fsp3) is 0.154. The van der Waals surface area contributed by atoms with Gasteiger partial charge in [0.05, 0.1) is 5.56 Å². The molecule has 0 aliphatic carbocycles. The third-order valence-electron chi connectivity index (χ3n) is 2.47. The topological polar surface area (TPSA) is 87.6 Å². The van der Waals surface area contributed by atoms with E-state index in [0.29, 0.717) is 29.6 Å². The first kappa shape index (κ1) is 12.8.